The van der Waals surface area contributed by atoms with Crippen LogP contribution >= 0.6 is 0 Å². The van der Waals surface area contributed by atoms with Crippen LogP contribution in [-0.2, 0) is 5.54 Å². The van der Waals surface area contributed by atoms with Crippen molar-refractivity contribution in [3.63, 3.8) is 0 Å². The molecule has 0 bridgehead atoms. The highest BCUT2D eigenvalue weighted by Gasteiger charge is 2.26. The fraction of sp³-hybridized carbons (Fsp3) is 0.200. The van der Waals surface area contributed by atoms with E-state index in [0.29, 0.717) is 0 Å². The summed E-state index contributed by atoms with van der Waals surface area (Å²) >= 11 is 0. The van der Waals surface area contributed by atoms with Gasteiger partial charge in [0.25, 0.3) is 0 Å². The Morgan fingerprint density at radius 2 is 1.35 bits per heavy atom. The second kappa shape index (κ2) is 3.52. The minimum atomic E-state index is -0.0732. The average molecular weight is 224 g/mol. The van der Waals surface area contributed by atoms with Crippen LogP contribution in [0.1, 0.15) is 19.4 Å². The van der Waals surface area contributed by atoms with Crippen LogP contribution < -0.4 is 10.6 Å². The Balaban J connectivity index is 2.21. The molecule has 0 fully saturated rings. The maximum atomic E-state index is 3.59. The van der Waals surface area contributed by atoms with Crippen LogP contribution in [0.3, 0.4) is 0 Å². The van der Waals surface area contributed by atoms with Gasteiger partial charge in [0.1, 0.15) is 0 Å². The number of para-hydroxylation sites is 3. The molecule has 0 saturated carbocycles. The van der Waals surface area contributed by atoms with E-state index in [2.05, 4.69) is 73.0 Å². The Kier molecular flexibility index (Phi) is 2.11. The first-order valence-corrected chi connectivity index (χ1v) is 5.90. The van der Waals surface area contributed by atoms with Crippen molar-refractivity contribution in [1.29, 1.82) is 0 Å². The Labute approximate surface area is 102 Å². The van der Waals surface area contributed by atoms with Crippen LogP contribution in [0.5, 0.6) is 0 Å². The Bertz CT molecular complexity index is 558. The zero-order chi connectivity index (χ0) is 11.9. The van der Waals surface area contributed by atoms with Gasteiger partial charge in [0.05, 0.1) is 16.9 Å². The van der Waals surface area contributed by atoms with Crippen molar-refractivity contribution in [1.82, 2.24) is 0 Å². The predicted octanol–water partition coefficient (Wildman–Crippen LogP) is 4.09. The maximum Gasteiger partial charge on any atom is 0.0620 e. The van der Waals surface area contributed by atoms with Crippen molar-refractivity contribution in [2.24, 2.45) is 0 Å². The molecule has 2 aromatic rings. The minimum Gasteiger partial charge on any atom is -0.374 e. The highest BCUT2D eigenvalue weighted by Crippen LogP contribution is 2.39. The van der Waals surface area contributed by atoms with Crippen molar-refractivity contribution in [3.05, 3.63) is 54.1 Å². The van der Waals surface area contributed by atoms with Gasteiger partial charge in [-0.2, -0.15) is 0 Å². The molecular weight excluding hydrogens is 208 g/mol. The summed E-state index contributed by atoms with van der Waals surface area (Å²) < 4.78 is 0. The molecule has 2 heteroatoms. The first-order chi connectivity index (χ1) is 8.17. The van der Waals surface area contributed by atoms with E-state index < -0.39 is 0 Å². The summed E-state index contributed by atoms with van der Waals surface area (Å²) in [6.45, 7) is 4.41. The van der Waals surface area contributed by atoms with Crippen LogP contribution in [0.15, 0.2) is 48.5 Å². The summed E-state index contributed by atoms with van der Waals surface area (Å²) in [5.41, 5.74) is 4.67. The van der Waals surface area contributed by atoms with Gasteiger partial charge >= 0.3 is 0 Å². The van der Waals surface area contributed by atoms with E-state index in [1.807, 2.05) is 0 Å². The topological polar surface area (TPSA) is 24.1 Å². The van der Waals surface area contributed by atoms with Crippen molar-refractivity contribution in [2.45, 2.75) is 19.4 Å². The number of benzene rings is 2. The molecule has 0 aliphatic carbocycles. The molecular formula is C15H16N2. The van der Waals surface area contributed by atoms with Crippen LogP contribution in [-0.4, -0.2) is 0 Å². The van der Waals surface area contributed by atoms with E-state index in [1.165, 1.54) is 11.3 Å². The molecule has 0 amide bonds. The van der Waals surface area contributed by atoms with Crippen LogP contribution in [0.25, 0.3) is 0 Å². The lowest BCUT2D eigenvalue weighted by molar-refractivity contribution is 0.614. The molecule has 1 aliphatic rings. The average Bonchev–Trinajstić information content (AvgIpc) is 2.42. The summed E-state index contributed by atoms with van der Waals surface area (Å²) in [5, 5.41) is 7.09. The van der Waals surface area contributed by atoms with Gasteiger partial charge in [-0.15, -0.1) is 0 Å². The normalized spacial score (nSPS) is 15.9. The standard InChI is InChI=1S/C15H16N2/c1-15(2)11-7-3-4-8-12(11)16-13-9-5-6-10-14(13)17-15/h3-10,16-17H,1-2H3. The third-order valence-corrected chi connectivity index (χ3v) is 3.24. The van der Waals surface area contributed by atoms with Gasteiger partial charge in [-0.1, -0.05) is 30.3 Å². The molecule has 1 aliphatic heterocycles. The zero-order valence-electron chi connectivity index (χ0n) is 10.1. The SMILES string of the molecule is CC1(C)Nc2ccccc2Nc2ccccc21. The van der Waals surface area contributed by atoms with Crippen molar-refractivity contribution in [3.8, 4) is 0 Å². The quantitative estimate of drug-likeness (QED) is 0.704. The molecule has 2 aromatic carbocycles. The third kappa shape index (κ3) is 1.66. The first-order valence-electron chi connectivity index (χ1n) is 5.90. The lowest BCUT2D eigenvalue weighted by Gasteiger charge is -2.27. The van der Waals surface area contributed by atoms with E-state index >= 15 is 0 Å². The first kappa shape index (κ1) is 10.2. The molecule has 0 atom stereocenters. The highest BCUT2D eigenvalue weighted by molar-refractivity contribution is 5.79. The van der Waals surface area contributed by atoms with E-state index in [-0.39, 0.29) is 5.54 Å². The number of anilines is 3. The fourth-order valence-electron chi connectivity index (χ4n) is 2.39. The summed E-state index contributed by atoms with van der Waals surface area (Å²) in [7, 11) is 0. The molecule has 0 spiro atoms. The van der Waals surface area contributed by atoms with E-state index in [4.69, 9.17) is 0 Å². The highest BCUT2D eigenvalue weighted by atomic mass is 15.0. The maximum absolute atomic E-state index is 3.59. The lowest BCUT2D eigenvalue weighted by Crippen LogP contribution is -2.27. The van der Waals surface area contributed by atoms with Crippen molar-refractivity contribution in [2.75, 3.05) is 10.6 Å². The van der Waals surface area contributed by atoms with Crippen LogP contribution in [0.4, 0.5) is 17.1 Å². The lowest BCUT2D eigenvalue weighted by atomic mass is 9.93. The van der Waals surface area contributed by atoms with Gasteiger partial charge < -0.3 is 10.6 Å². The third-order valence-electron chi connectivity index (χ3n) is 3.24. The molecule has 86 valence electrons. The van der Waals surface area contributed by atoms with Crippen molar-refractivity contribution < 1.29 is 0 Å². The van der Waals surface area contributed by atoms with E-state index in [1.54, 1.807) is 0 Å². The fourth-order valence-corrected chi connectivity index (χ4v) is 2.39. The van der Waals surface area contributed by atoms with Crippen molar-refractivity contribution >= 4 is 17.1 Å². The van der Waals surface area contributed by atoms with Gasteiger partial charge in [0, 0.05) is 11.3 Å². The Hall–Kier alpha value is -1.96. The molecule has 2 nitrogen and oxygen atoms in total. The number of hydrogen-bond acceptors (Lipinski definition) is 2. The van der Waals surface area contributed by atoms with Crippen LogP contribution in [0, 0.1) is 0 Å². The van der Waals surface area contributed by atoms with Gasteiger partial charge in [0.15, 0.2) is 0 Å². The van der Waals surface area contributed by atoms with Gasteiger partial charge in [-0.05, 0) is 32.0 Å². The molecule has 1 heterocycles. The number of hydrogen-bond donors (Lipinski definition) is 2. The molecule has 17 heavy (non-hydrogen) atoms. The number of fused-ring (bicyclic) bond motifs is 2. The smallest absolute Gasteiger partial charge is 0.0620 e. The largest absolute Gasteiger partial charge is 0.374 e. The number of rotatable bonds is 0. The molecule has 0 unspecified atom stereocenters. The van der Waals surface area contributed by atoms with Gasteiger partial charge in [-0.3, -0.25) is 0 Å². The van der Waals surface area contributed by atoms with Gasteiger partial charge in [0.2, 0.25) is 0 Å². The molecule has 0 radical (unpaired) electrons. The second-order valence-corrected chi connectivity index (χ2v) is 4.97. The van der Waals surface area contributed by atoms with E-state index in [9.17, 15) is 0 Å². The molecule has 3 rings (SSSR count). The molecule has 2 N–H and O–H groups in total. The summed E-state index contributed by atoms with van der Waals surface area (Å²) in [5.74, 6) is 0. The summed E-state index contributed by atoms with van der Waals surface area (Å²) in [6.07, 6.45) is 0. The second-order valence-electron chi connectivity index (χ2n) is 4.97. The minimum absolute atomic E-state index is 0.0732. The predicted molar refractivity (Wildman–Crippen MR) is 72.8 cm³/mol. The molecule has 0 aromatic heterocycles. The van der Waals surface area contributed by atoms with Gasteiger partial charge in [-0.25, -0.2) is 0 Å². The molecule has 0 saturated heterocycles. The zero-order valence-corrected chi connectivity index (χ0v) is 10.1. The monoisotopic (exact) mass is 224 g/mol. The summed E-state index contributed by atoms with van der Waals surface area (Å²) in [4.78, 5) is 0. The Morgan fingerprint density at radius 1 is 0.765 bits per heavy atom. The number of nitrogens with one attached hydrogen (secondary N) is 2. The Morgan fingerprint density at radius 3 is 2.12 bits per heavy atom. The van der Waals surface area contributed by atoms with Crippen LogP contribution in [0.2, 0.25) is 0 Å². The summed E-state index contributed by atoms with van der Waals surface area (Å²) in [6, 6.07) is 16.8. The van der Waals surface area contributed by atoms with E-state index in [0.717, 1.165) is 11.4 Å².